The highest BCUT2D eigenvalue weighted by molar-refractivity contribution is 5.78. The molecular weight excluding hydrogens is 308 g/mol. The molecule has 1 aliphatic carbocycles. The third-order valence-corrected chi connectivity index (χ3v) is 4.40. The van der Waals surface area contributed by atoms with Crippen LogP contribution in [0.25, 0.3) is 11.3 Å². The summed E-state index contributed by atoms with van der Waals surface area (Å²) in [5.41, 5.74) is 0.656. The van der Waals surface area contributed by atoms with Gasteiger partial charge in [-0.25, -0.2) is 0 Å². The molecule has 1 saturated carbocycles. The number of carbonyl (C=O) groups excluding carboxylic acids is 1. The van der Waals surface area contributed by atoms with Crippen LogP contribution in [0.1, 0.15) is 31.4 Å². The number of carbonyl (C=O) groups is 1. The van der Waals surface area contributed by atoms with Crippen LogP contribution in [0, 0.1) is 0 Å². The molecule has 24 heavy (non-hydrogen) atoms. The van der Waals surface area contributed by atoms with Crippen LogP contribution in [0.3, 0.4) is 0 Å². The lowest BCUT2D eigenvalue weighted by Gasteiger charge is -2.22. The Hall–Kier alpha value is -2.34. The fourth-order valence-corrected chi connectivity index (χ4v) is 3.01. The van der Waals surface area contributed by atoms with Crippen LogP contribution in [0.5, 0.6) is 5.75 Å². The van der Waals surface area contributed by atoms with Crippen LogP contribution in [0.2, 0.25) is 0 Å². The molecule has 1 fully saturated rings. The largest absolute Gasteiger partial charge is 0.497 e. The third-order valence-electron chi connectivity index (χ3n) is 4.40. The van der Waals surface area contributed by atoms with Gasteiger partial charge in [-0.05, 0) is 25.0 Å². The summed E-state index contributed by atoms with van der Waals surface area (Å²) in [5, 5.41) is 17.0. The molecule has 128 valence electrons. The number of aliphatic hydroxyl groups is 1. The number of aromatic nitrogens is 1. The molecule has 0 aliphatic heterocycles. The van der Waals surface area contributed by atoms with E-state index < -0.39 is 5.60 Å². The Bertz CT molecular complexity index is 705. The normalized spacial score (nSPS) is 16.1. The molecular formula is C18H22N2O4. The van der Waals surface area contributed by atoms with Gasteiger partial charge in [-0.1, -0.05) is 30.1 Å². The number of methoxy groups -OCH3 is 1. The molecule has 1 amide bonds. The van der Waals surface area contributed by atoms with Gasteiger partial charge in [0.15, 0.2) is 5.76 Å². The fraction of sp³-hybridized carbons (Fsp3) is 0.444. The molecule has 0 atom stereocenters. The molecule has 6 nitrogen and oxygen atoms in total. The Balaban J connectivity index is 1.58. The van der Waals surface area contributed by atoms with Crippen molar-refractivity contribution in [2.24, 2.45) is 0 Å². The quantitative estimate of drug-likeness (QED) is 0.849. The van der Waals surface area contributed by atoms with Crippen molar-refractivity contribution in [2.75, 3.05) is 13.7 Å². The summed E-state index contributed by atoms with van der Waals surface area (Å²) in [4.78, 5) is 12.0. The minimum absolute atomic E-state index is 0.129. The van der Waals surface area contributed by atoms with E-state index in [0.717, 1.165) is 37.0 Å². The SMILES string of the molecule is COc1cccc(-c2cc(CC(=O)NCC3(O)CCCC3)no2)c1. The molecule has 0 unspecified atom stereocenters. The van der Waals surface area contributed by atoms with Crippen molar-refractivity contribution in [1.82, 2.24) is 10.5 Å². The second-order valence-corrected chi connectivity index (χ2v) is 6.30. The first-order valence-corrected chi connectivity index (χ1v) is 8.17. The van der Waals surface area contributed by atoms with E-state index in [9.17, 15) is 9.90 Å². The fourth-order valence-electron chi connectivity index (χ4n) is 3.01. The van der Waals surface area contributed by atoms with E-state index >= 15 is 0 Å². The van der Waals surface area contributed by atoms with Crippen LogP contribution in [0.4, 0.5) is 0 Å². The molecule has 0 saturated heterocycles. The van der Waals surface area contributed by atoms with Gasteiger partial charge in [0.05, 0.1) is 24.8 Å². The van der Waals surface area contributed by atoms with Gasteiger partial charge < -0.3 is 19.7 Å². The highest BCUT2D eigenvalue weighted by Crippen LogP contribution is 2.28. The van der Waals surface area contributed by atoms with E-state index in [0.29, 0.717) is 18.0 Å². The Labute approximate surface area is 140 Å². The first-order valence-electron chi connectivity index (χ1n) is 8.17. The average molecular weight is 330 g/mol. The van der Waals surface area contributed by atoms with E-state index in [1.54, 1.807) is 13.2 Å². The second kappa shape index (κ2) is 7.05. The number of nitrogens with one attached hydrogen (secondary N) is 1. The van der Waals surface area contributed by atoms with Crippen molar-refractivity contribution < 1.29 is 19.2 Å². The minimum Gasteiger partial charge on any atom is -0.497 e. The summed E-state index contributed by atoms with van der Waals surface area (Å²) >= 11 is 0. The maximum atomic E-state index is 12.0. The van der Waals surface area contributed by atoms with Crippen LogP contribution in [-0.2, 0) is 11.2 Å². The van der Waals surface area contributed by atoms with E-state index in [1.807, 2.05) is 24.3 Å². The first-order chi connectivity index (χ1) is 11.6. The van der Waals surface area contributed by atoms with Crippen molar-refractivity contribution in [1.29, 1.82) is 0 Å². The van der Waals surface area contributed by atoms with Gasteiger partial charge in [0.1, 0.15) is 5.75 Å². The zero-order valence-electron chi connectivity index (χ0n) is 13.7. The lowest BCUT2D eigenvalue weighted by molar-refractivity contribution is -0.121. The number of rotatable bonds is 6. The zero-order chi connectivity index (χ0) is 17.0. The lowest BCUT2D eigenvalue weighted by Crippen LogP contribution is -2.41. The number of amides is 1. The molecule has 1 aromatic heterocycles. The Morgan fingerprint density at radius 2 is 2.17 bits per heavy atom. The van der Waals surface area contributed by atoms with Crippen molar-refractivity contribution in [3.63, 3.8) is 0 Å². The molecule has 3 rings (SSSR count). The molecule has 0 spiro atoms. The first kappa shape index (κ1) is 16.5. The van der Waals surface area contributed by atoms with Gasteiger partial charge in [-0.2, -0.15) is 0 Å². The molecule has 2 aromatic rings. The molecule has 0 radical (unpaired) electrons. The number of ether oxygens (including phenoxy) is 1. The van der Waals surface area contributed by atoms with Gasteiger partial charge >= 0.3 is 0 Å². The monoisotopic (exact) mass is 330 g/mol. The Kier molecular flexibility index (Phi) is 4.85. The standard InChI is InChI=1S/C18H22N2O4/c1-23-15-6-4-5-13(9-15)16-10-14(20-24-16)11-17(21)19-12-18(22)7-2-3-8-18/h4-6,9-10,22H,2-3,7-8,11-12H2,1H3,(H,19,21). The summed E-state index contributed by atoms with van der Waals surface area (Å²) in [6.45, 7) is 0.298. The molecule has 1 heterocycles. The van der Waals surface area contributed by atoms with Crippen LogP contribution in [-0.4, -0.2) is 35.4 Å². The number of hydrogen-bond donors (Lipinski definition) is 2. The Morgan fingerprint density at radius 3 is 2.92 bits per heavy atom. The molecule has 6 heteroatoms. The summed E-state index contributed by atoms with van der Waals surface area (Å²) in [7, 11) is 1.60. The Morgan fingerprint density at radius 1 is 1.38 bits per heavy atom. The van der Waals surface area contributed by atoms with Crippen LogP contribution in [0.15, 0.2) is 34.9 Å². The van der Waals surface area contributed by atoms with Gasteiger partial charge in [-0.3, -0.25) is 4.79 Å². The van der Waals surface area contributed by atoms with Gasteiger partial charge in [-0.15, -0.1) is 0 Å². The topological polar surface area (TPSA) is 84.6 Å². The maximum absolute atomic E-state index is 12.0. The highest BCUT2D eigenvalue weighted by Gasteiger charge is 2.31. The number of nitrogens with zero attached hydrogens (tertiary/aromatic N) is 1. The predicted molar refractivity (Wildman–Crippen MR) is 88.6 cm³/mol. The maximum Gasteiger partial charge on any atom is 0.226 e. The van der Waals surface area contributed by atoms with E-state index in [2.05, 4.69) is 10.5 Å². The number of hydrogen-bond acceptors (Lipinski definition) is 5. The van der Waals surface area contributed by atoms with Gasteiger partial charge in [0.25, 0.3) is 0 Å². The van der Waals surface area contributed by atoms with Crippen molar-refractivity contribution >= 4 is 5.91 Å². The summed E-state index contributed by atoms with van der Waals surface area (Å²) in [5.74, 6) is 1.15. The van der Waals surface area contributed by atoms with Crippen molar-refractivity contribution in [3.05, 3.63) is 36.0 Å². The summed E-state index contributed by atoms with van der Waals surface area (Å²) in [6.07, 6.45) is 3.65. The number of benzene rings is 1. The molecule has 2 N–H and O–H groups in total. The summed E-state index contributed by atoms with van der Waals surface area (Å²) in [6, 6.07) is 9.20. The van der Waals surface area contributed by atoms with E-state index in [1.165, 1.54) is 0 Å². The molecule has 0 bridgehead atoms. The molecule has 1 aliphatic rings. The van der Waals surface area contributed by atoms with Gasteiger partial charge in [0.2, 0.25) is 5.91 Å². The van der Waals surface area contributed by atoms with Crippen molar-refractivity contribution in [3.8, 4) is 17.1 Å². The van der Waals surface area contributed by atoms with E-state index in [-0.39, 0.29) is 12.3 Å². The predicted octanol–water partition coefficient (Wildman–Crippen LogP) is 2.31. The van der Waals surface area contributed by atoms with Crippen molar-refractivity contribution in [2.45, 2.75) is 37.7 Å². The lowest BCUT2D eigenvalue weighted by atomic mass is 10.0. The van der Waals surface area contributed by atoms with Crippen LogP contribution < -0.4 is 10.1 Å². The minimum atomic E-state index is -0.745. The smallest absolute Gasteiger partial charge is 0.226 e. The second-order valence-electron chi connectivity index (χ2n) is 6.30. The van der Waals surface area contributed by atoms with Gasteiger partial charge in [0, 0.05) is 18.2 Å². The molecule has 1 aromatic carbocycles. The average Bonchev–Trinajstić information content (AvgIpc) is 3.23. The van der Waals surface area contributed by atoms with Crippen LogP contribution >= 0.6 is 0 Å². The van der Waals surface area contributed by atoms with E-state index in [4.69, 9.17) is 9.26 Å². The summed E-state index contributed by atoms with van der Waals surface area (Å²) < 4.78 is 10.5. The highest BCUT2D eigenvalue weighted by atomic mass is 16.5. The third kappa shape index (κ3) is 3.94. The zero-order valence-corrected chi connectivity index (χ0v) is 13.7.